The second-order valence-corrected chi connectivity index (χ2v) is 4.62. The minimum Gasteiger partial charge on any atom is -0.370 e. The number of carbonyl (C=O) groups is 2. The summed E-state index contributed by atoms with van der Waals surface area (Å²) in [5.41, 5.74) is 2.64. The van der Waals surface area contributed by atoms with Crippen LogP contribution in [0, 0.1) is 6.92 Å². The molecule has 5 nitrogen and oxygen atoms in total. The Hall–Kier alpha value is -2.17. The monoisotopic (exact) mass is 244 g/mol. The van der Waals surface area contributed by atoms with Gasteiger partial charge in [-0.1, -0.05) is 16.8 Å². The largest absolute Gasteiger partial charge is 0.370 e. The van der Waals surface area contributed by atoms with Gasteiger partial charge in [0.25, 0.3) is 11.8 Å². The summed E-state index contributed by atoms with van der Waals surface area (Å²) in [5.74, 6) is -0.599. The van der Waals surface area contributed by atoms with Gasteiger partial charge in [-0.3, -0.25) is 9.59 Å². The van der Waals surface area contributed by atoms with Crippen molar-refractivity contribution in [2.45, 2.75) is 26.5 Å². The molecule has 3 rings (SSSR count). The maximum absolute atomic E-state index is 12.2. The van der Waals surface area contributed by atoms with Crippen molar-refractivity contribution in [2.75, 3.05) is 0 Å². The van der Waals surface area contributed by atoms with Crippen molar-refractivity contribution in [3.63, 3.8) is 0 Å². The second-order valence-electron chi connectivity index (χ2n) is 4.62. The third kappa shape index (κ3) is 1.44. The highest BCUT2D eigenvalue weighted by atomic mass is 16.7. The van der Waals surface area contributed by atoms with E-state index in [1.807, 2.05) is 19.9 Å². The standard InChI is InChI=1S/C13H12N2O3/c1-7-3-4-9-10(5-7)13(17)15(12(9)16)11-6-8(2)14-18-11/h3-5,11H,6H2,1-2H3/t11-/m1/s1. The molecule has 1 aromatic carbocycles. The van der Waals surface area contributed by atoms with Crippen molar-refractivity contribution in [3.05, 3.63) is 34.9 Å². The first-order valence-corrected chi connectivity index (χ1v) is 5.76. The molecule has 0 spiro atoms. The zero-order valence-corrected chi connectivity index (χ0v) is 10.1. The third-order valence-corrected chi connectivity index (χ3v) is 3.16. The van der Waals surface area contributed by atoms with E-state index in [2.05, 4.69) is 5.16 Å². The minimum absolute atomic E-state index is 0.298. The minimum atomic E-state index is -0.599. The van der Waals surface area contributed by atoms with Gasteiger partial charge in [0.15, 0.2) is 0 Å². The predicted octanol–water partition coefficient (Wildman–Crippen LogP) is 1.71. The van der Waals surface area contributed by atoms with Crippen LogP contribution in [-0.2, 0) is 4.84 Å². The molecular weight excluding hydrogens is 232 g/mol. The van der Waals surface area contributed by atoms with Gasteiger partial charge in [-0.05, 0) is 26.0 Å². The summed E-state index contributed by atoms with van der Waals surface area (Å²) in [6.07, 6.45) is -0.123. The second kappa shape index (κ2) is 3.66. The van der Waals surface area contributed by atoms with Crippen LogP contribution in [0.15, 0.2) is 23.4 Å². The number of aryl methyl sites for hydroxylation is 1. The molecule has 2 aliphatic rings. The number of imide groups is 1. The quantitative estimate of drug-likeness (QED) is 0.706. The summed E-state index contributed by atoms with van der Waals surface area (Å²) in [7, 11) is 0. The van der Waals surface area contributed by atoms with Gasteiger partial charge < -0.3 is 4.84 Å². The van der Waals surface area contributed by atoms with Gasteiger partial charge >= 0.3 is 0 Å². The first-order chi connectivity index (χ1) is 8.58. The molecule has 1 atom stereocenters. The number of amides is 2. The number of hydrogen-bond acceptors (Lipinski definition) is 4. The fraction of sp³-hybridized carbons (Fsp3) is 0.308. The number of nitrogens with zero attached hydrogens (tertiary/aromatic N) is 2. The molecule has 0 radical (unpaired) electrons. The normalized spacial score (nSPS) is 22.0. The molecule has 18 heavy (non-hydrogen) atoms. The number of oxime groups is 1. The first-order valence-electron chi connectivity index (χ1n) is 5.76. The van der Waals surface area contributed by atoms with Gasteiger partial charge in [-0.25, -0.2) is 4.90 Å². The highest BCUT2D eigenvalue weighted by molar-refractivity contribution is 6.21. The van der Waals surface area contributed by atoms with Gasteiger partial charge in [-0.2, -0.15) is 0 Å². The van der Waals surface area contributed by atoms with Crippen LogP contribution in [0.1, 0.15) is 39.6 Å². The van der Waals surface area contributed by atoms with E-state index in [1.54, 1.807) is 12.1 Å². The van der Waals surface area contributed by atoms with Gasteiger partial charge in [0.05, 0.1) is 16.8 Å². The molecule has 1 aromatic rings. The van der Waals surface area contributed by atoms with Crippen LogP contribution in [0.4, 0.5) is 0 Å². The smallest absolute Gasteiger partial charge is 0.264 e. The number of hydrogen-bond donors (Lipinski definition) is 0. The van der Waals surface area contributed by atoms with E-state index in [9.17, 15) is 9.59 Å². The Balaban J connectivity index is 1.97. The highest BCUT2D eigenvalue weighted by Crippen LogP contribution is 2.28. The van der Waals surface area contributed by atoms with Crippen molar-refractivity contribution in [3.8, 4) is 0 Å². The zero-order valence-electron chi connectivity index (χ0n) is 10.1. The summed E-state index contributed by atoms with van der Waals surface area (Å²) < 4.78 is 0. The molecule has 2 heterocycles. The topological polar surface area (TPSA) is 59.0 Å². The molecule has 92 valence electrons. The molecular formula is C13H12N2O3. The van der Waals surface area contributed by atoms with Crippen molar-refractivity contribution in [2.24, 2.45) is 5.16 Å². The van der Waals surface area contributed by atoms with Crippen LogP contribution in [-0.4, -0.2) is 28.7 Å². The molecule has 0 saturated carbocycles. The number of fused-ring (bicyclic) bond motifs is 1. The molecule has 0 fully saturated rings. The lowest BCUT2D eigenvalue weighted by atomic mass is 10.1. The molecule has 0 saturated heterocycles. The third-order valence-electron chi connectivity index (χ3n) is 3.16. The summed E-state index contributed by atoms with van der Waals surface area (Å²) in [6.45, 7) is 3.70. The Morgan fingerprint density at radius 2 is 1.94 bits per heavy atom. The van der Waals surface area contributed by atoms with E-state index in [1.165, 1.54) is 0 Å². The van der Waals surface area contributed by atoms with E-state index in [0.717, 1.165) is 16.2 Å². The molecule has 0 bridgehead atoms. The lowest BCUT2D eigenvalue weighted by molar-refractivity contribution is -0.0143. The van der Waals surface area contributed by atoms with E-state index in [-0.39, 0.29) is 11.8 Å². The van der Waals surface area contributed by atoms with Crippen LogP contribution in [0.5, 0.6) is 0 Å². The lowest BCUT2D eigenvalue weighted by Gasteiger charge is -2.19. The van der Waals surface area contributed by atoms with Gasteiger partial charge in [0, 0.05) is 6.42 Å². The number of benzene rings is 1. The Morgan fingerprint density at radius 3 is 2.61 bits per heavy atom. The SMILES string of the molecule is CC1=NO[C@@H](N2C(=O)c3ccc(C)cc3C2=O)C1. The van der Waals surface area contributed by atoms with E-state index in [0.29, 0.717) is 17.5 Å². The Morgan fingerprint density at radius 1 is 1.22 bits per heavy atom. The zero-order chi connectivity index (χ0) is 12.9. The molecule has 0 N–H and O–H groups in total. The average Bonchev–Trinajstić information content (AvgIpc) is 2.84. The van der Waals surface area contributed by atoms with Crippen LogP contribution >= 0.6 is 0 Å². The first kappa shape index (κ1) is 11.0. The maximum Gasteiger partial charge on any atom is 0.264 e. The lowest BCUT2D eigenvalue weighted by Crippen LogP contribution is -2.39. The maximum atomic E-state index is 12.2. The Labute approximate surface area is 104 Å². The fourth-order valence-electron chi connectivity index (χ4n) is 2.25. The summed E-state index contributed by atoms with van der Waals surface area (Å²) >= 11 is 0. The Kier molecular flexibility index (Phi) is 2.23. The van der Waals surface area contributed by atoms with Gasteiger partial charge in [-0.15, -0.1) is 0 Å². The van der Waals surface area contributed by atoms with Crippen LogP contribution in [0.25, 0.3) is 0 Å². The summed E-state index contributed by atoms with van der Waals surface area (Å²) in [6, 6.07) is 5.25. The highest BCUT2D eigenvalue weighted by Gasteiger charge is 2.42. The van der Waals surface area contributed by atoms with Crippen molar-refractivity contribution in [1.29, 1.82) is 0 Å². The molecule has 5 heteroatoms. The van der Waals surface area contributed by atoms with Gasteiger partial charge in [0.2, 0.25) is 6.23 Å². The number of carbonyl (C=O) groups excluding carboxylic acids is 2. The van der Waals surface area contributed by atoms with Crippen LogP contribution < -0.4 is 0 Å². The fourth-order valence-corrected chi connectivity index (χ4v) is 2.25. The molecule has 2 aliphatic heterocycles. The van der Waals surface area contributed by atoms with Crippen LogP contribution in [0.2, 0.25) is 0 Å². The van der Waals surface area contributed by atoms with Gasteiger partial charge in [0.1, 0.15) is 0 Å². The van der Waals surface area contributed by atoms with E-state index < -0.39 is 6.23 Å². The van der Waals surface area contributed by atoms with E-state index >= 15 is 0 Å². The van der Waals surface area contributed by atoms with E-state index in [4.69, 9.17) is 4.84 Å². The summed E-state index contributed by atoms with van der Waals surface area (Å²) in [4.78, 5) is 30.7. The molecule has 0 unspecified atom stereocenters. The molecule has 0 aromatic heterocycles. The summed E-state index contributed by atoms with van der Waals surface area (Å²) in [5, 5.41) is 3.78. The van der Waals surface area contributed by atoms with Crippen molar-refractivity contribution in [1.82, 2.24) is 4.90 Å². The predicted molar refractivity (Wildman–Crippen MR) is 64.3 cm³/mol. The number of rotatable bonds is 1. The van der Waals surface area contributed by atoms with Crippen molar-refractivity contribution < 1.29 is 14.4 Å². The molecule has 0 aliphatic carbocycles. The van der Waals surface area contributed by atoms with Crippen molar-refractivity contribution >= 4 is 17.5 Å². The Bertz CT molecular complexity index is 592. The average molecular weight is 244 g/mol. The molecule has 2 amide bonds. The van der Waals surface area contributed by atoms with Crippen LogP contribution in [0.3, 0.4) is 0 Å².